The summed E-state index contributed by atoms with van der Waals surface area (Å²) in [6.07, 6.45) is 8.26. The fraction of sp³-hybridized carbons (Fsp3) is 1.00. The van der Waals surface area contributed by atoms with Gasteiger partial charge >= 0.3 is 0 Å². The van der Waals surface area contributed by atoms with Crippen molar-refractivity contribution >= 4 is 0 Å². The van der Waals surface area contributed by atoms with Gasteiger partial charge in [0.2, 0.25) is 0 Å². The fourth-order valence-corrected chi connectivity index (χ4v) is 4.45. The molecule has 18 heavy (non-hydrogen) atoms. The molecule has 2 saturated carbocycles. The second kappa shape index (κ2) is 5.50. The van der Waals surface area contributed by atoms with Crippen molar-refractivity contribution in [1.82, 2.24) is 10.2 Å². The van der Waals surface area contributed by atoms with E-state index in [0.29, 0.717) is 5.41 Å². The molecular weight excluding hydrogens is 220 g/mol. The Bertz CT molecular complexity index is 266. The molecular formula is C16H32N2. The van der Waals surface area contributed by atoms with Gasteiger partial charge in [-0.05, 0) is 64.0 Å². The second-order valence-electron chi connectivity index (χ2n) is 7.58. The van der Waals surface area contributed by atoms with Crippen LogP contribution in [-0.4, -0.2) is 37.1 Å². The summed E-state index contributed by atoms with van der Waals surface area (Å²) in [5.74, 6) is 0.868. The Balaban J connectivity index is 1.90. The van der Waals surface area contributed by atoms with E-state index in [1.165, 1.54) is 38.5 Å². The molecule has 0 amide bonds. The van der Waals surface area contributed by atoms with Crippen molar-refractivity contribution in [3.05, 3.63) is 0 Å². The van der Waals surface area contributed by atoms with E-state index in [0.717, 1.165) is 24.0 Å². The van der Waals surface area contributed by atoms with Crippen LogP contribution in [0.2, 0.25) is 0 Å². The lowest BCUT2D eigenvalue weighted by atomic mass is 9.88. The Hall–Kier alpha value is -0.0800. The maximum absolute atomic E-state index is 3.44. The Kier molecular flexibility index (Phi) is 4.38. The van der Waals surface area contributed by atoms with Crippen molar-refractivity contribution in [2.75, 3.05) is 14.1 Å². The van der Waals surface area contributed by atoms with Gasteiger partial charge in [-0.25, -0.2) is 0 Å². The average Bonchev–Trinajstić information content (AvgIpc) is 2.62. The molecule has 0 saturated heterocycles. The maximum Gasteiger partial charge on any atom is 0.0126 e. The molecule has 0 bridgehead atoms. The third kappa shape index (κ3) is 3.08. The number of hydrogen-bond donors (Lipinski definition) is 1. The van der Waals surface area contributed by atoms with Crippen LogP contribution in [0.3, 0.4) is 0 Å². The van der Waals surface area contributed by atoms with Crippen molar-refractivity contribution in [3.8, 4) is 0 Å². The lowest BCUT2D eigenvalue weighted by molar-refractivity contribution is 0.106. The van der Waals surface area contributed by atoms with Crippen molar-refractivity contribution in [1.29, 1.82) is 0 Å². The van der Waals surface area contributed by atoms with Crippen LogP contribution in [0.4, 0.5) is 0 Å². The maximum atomic E-state index is 3.44. The van der Waals surface area contributed by atoms with E-state index in [4.69, 9.17) is 0 Å². The molecule has 2 fully saturated rings. The number of nitrogens with zero attached hydrogens (tertiary/aromatic N) is 1. The standard InChI is InChI=1S/C16H32N2/c1-12-10-16(2,3)11-15(12)18(5)14-8-6-13(17-4)7-9-14/h12-15,17H,6-11H2,1-5H3. The summed E-state index contributed by atoms with van der Waals surface area (Å²) < 4.78 is 0. The summed E-state index contributed by atoms with van der Waals surface area (Å²) in [6.45, 7) is 7.33. The van der Waals surface area contributed by atoms with Crippen LogP contribution >= 0.6 is 0 Å². The number of hydrogen-bond acceptors (Lipinski definition) is 2. The van der Waals surface area contributed by atoms with Crippen LogP contribution in [-0.2, 0) is 0 Å². The third-order valence-corrected chi connectivity index (χ3v) is 5.50. The smallest absolute Gasteiger partial charge is 0.0126 e. The second-order valence-corrected chi connectivity index (χ2v) is 7.58. The molecule has 2 atom stereocenters. The molecule has 2 unspecified atom stereocenters. The lowest BCUT2D eigenvalue weighted by Crippen LogP contribution is -2.45. The predicted octanol–water partition coefficient (Wildman–Crippen LogP) is 3.27. The van der Waals surface area contributed by atoms with Crippen molar-refractivity contribution in [2.24, 2.45) is 11.3 Å². The first kappa shape index (κ1) is 14.3. The highest BCUT2D eigenvalue weighted by Crippen LogP contribution is 2.44. The zero-order valence-corrected chi connectivity index (χ0v) is 13.0. The third-order valence-electron chi connectivity index (χ3n) is 5.50. The molecule has 0 spiro atoms. The molecule has 0 aromatic carbocycles. The highest BCUT2D eigenvalue weighted by Gasteiger charge is 2.40. The first-order valence-electron chi connectivity index (χ1n) is 7.82. The fourth-order valence-electron chi connectivity index (χ4n) is 4.45. The molecule has 2 heteroatoms. The van der Waals surface area contributed by atoms with Gasteiger partial charge in [0, 0.05) is 18.1 Å². The van der Waals surface area contributed by atoms with Crippen LogP contribution in [0, 0.1) is 11.3 Å². The van der Waals surface area contributed by atoms with Gasteiger partial charge in [-0.3, -0.25) is 0 Å². The first-order valence-corrected chi connectivity index (χ1v) is 7.82. The lowest BCUT2D eigenvalue weighted by Gasteiger charge is -2.39. The Morgan fingerprint density at radius 1 is 1.06 bits per heavy atom. The molecule has 2 aliphatic carbocycles. The minimum Gasteiger partial charge on any atom is -0.317 e. The minimum atomic E-state index is 0.556. The summed E-state index contributed by atoms with van der Waals surface area (Å²) in [4.78, 5) is 2.73. The zero-order valence-electron chi connectivity index (χ0n) is 13.0. The Morgan fingerprint density at radius 2 is 1.67 bits per heavy atom. The van der Waals surface area contributed by atoms with Gasteiger partial charge in [0.05, 0.1) is 0 Å². The van der Waals surface area contributed by atoms with E-state index in [1.807, 2.05) is 0 Å². The van der Waals surface area contributed by atoms with Gasteiger partial charge in [0.25, 0.3) is 0 Å². The predicted molar refractivity (Wildman–Crippen MR) is 78.8 cm³/mol. The van der Waals surface area contributed by atoms with E-state index in [9.17, 15) is 0 Å². The first-order chi connectivity index (χ1) is 8.43. The number of nitrogens with one attached hydrogen (secondary N) is 1. The van der Waals surface area contributed by atoms with Crippen molar-refractivity contribution in [2.45, 2.75) is 77.4 Å². The summed E-state index contributed by atoms with van der Waals surface area (Å²) in [7, 11) is 4.49. The van der Waals surface area contributed by atoms with Crippen LogP contribution < -0.4 is 5.32 Å². The number of rotatable bonds is 3. The molecule has 0 heterocycles. The molecule has 2 aliphatic rings. The minimum absolute atomic E-state index is 0.556. The molecule has 0 aliphatic heterocycles. The van der Waals surface area contributed by atoms with Gasteiger partial charge in [0.1, 0.15) is 0 Å². The monoisotopic (exact) mass is 252 g/mol. The zero-order chi connectivity index (χ0) is 13.3. The average molecular weight is 252 g/mol. The van der Waals surface area contributed by atoms with Crippen LogP contribution in [0.5, 0.6) is 0 Å². The molecule has 1 N–H and O–H groups in total. The van der Waals surface area contributed by atoms with E-state index >= 15 is 0 Å². The molecule has 2 nitrogen and oxygen atoms in total. The van der Waals surface area contributed by atoms with Gasteiger partial charge in [0.15, 0.2) is 0 Å². The summed E-state index contributed by atoms with van der Waals surface area (Å²) >= 11 is 0. The van der Waals surface area contributed by atoms with E-state index in [-0.39, 0.29) is 0 Å². The van der Waals surface area contributed by atoms with Gasteiger partial charge < -0.3 is 10.2 Å². The van der Waals surface area contributed by atoms with Crippen LogP contribution in [0.15, 0.2) is 0 Å². The highest BCUT2D eigenvalue weighted by atomic mass is 15.2. The van der Waals surface area contributed by atoms with Crippen molar-refractivity contribution < 1.29 is 0 Å². The van der Waals surface area contributed by atoms with E-state index in [1.54, 1.807) is 0 Å². The van der Waals surface area contributed by atoms with Gasteiger partial charge in [-0.2, -0.15) is 0 Å². The summed E-state index contributed by atoms with van der Waals surface area (Å²) in [6, 6.07) is 2.42. The Morgan fingerprint density at radius 3 is 2.11 bits per heavy atom. The topological polar surface area (TPSA) is 15.3 Å². The van der Waals surface area contributed by atoms with Crippen LogP contribution in [0.25, 0.3) is 0 Å². The highest BCUT2D eigenvalue weighted by molar-refractivity contribution is 4.94. The Labute approximate surface area is 114 Å². The molecule has 0 aromatic heterocycles. The van der Waals surface area contributed by atoms with Gasteiger partial charge in [-0.1, -0.05) is 20.8 Å². The normalized spacial score (nSPS) is 40.3. The van der Waals surface area contributed by atoms with E-state index < -0.39 is 0 Å². The van der Waals surface area contributed by atoms with E-state index in [2.05, 4.69) is 45.1 Å². The molecule has 2 rings (SSSR count). The quantitative estimate of drug-likeness (QED) is 0.829. The van der Waals surface area contributed by atoms with Gasteiger partial charge in [-0.15, -0.1) is 0 Å². The molecule has 0 radical (unpaired) electrons. The summed E-state index contributed by atoms with van der Waals surface area (Å²) in [5, 5.41) is 3.44. The largest absolute Gasteiger partial charge is 0.317 e. The SMILES string of the molecule is CNC1CCC(N(C)C2CC(C)(C)CC2C)CC1. The summed E-state index contributed by atoms with van der Waals surface area (Å²) in [5.41, 5.74) is 0.556. The van der Waals surface area contributed by atoms with Crippen LogP contribution in [0.1, 0.15) is 59.3 Å². The van der Waals surface area contributed by atoms with Crippen molar-refractivity contribution in [3.63, 3.8) is 0 Å². The molecule has 0 aromatic rings. The molecule has 106 valence electrons.